The number of ether oxygens (including phenoxy) is 2. The van der Waals surface area contributed by atoms with Crippen LogP contribution in [0, 0.1) is 53.3 Å². The number of rotatable bonds is 1. The highest BCUT2D eigenvalue weighted by Crippen LogP contribution is 2.56. The second kappa shape index (κ2) is 9.88. The summed E-state index contributed by atoms with van der Waals surface area (Å²) in [6.07, 6.45) is 24.2. The van der Waals surface area contributed by atoms with Crippen molar-refractivity contribution in [3.8, 4) is 0 Å². The van der Waals surface area contributed by atoms with Crippen molar-refractivity contribution in [3.63, 3.8) is 0 Å². The van der Waals surface area contributed by atoms with Crippen molar-refractivity contribution in [1.82, 2.24) is 0 Å². The predicted molar refractivity (Wildman–Crippen MR) is 130 cm³/mol. The number of hydrogen-bond donors (Lipinski definition) is 0. The molecule has 0 aromatic rings. The third-order valence-corrected chi connectivity index (χ3v) is 11.6. The molecule has 2 nitrogen and oxygen atoms in total. The van der Waals surface area contributed by atoms with E-state index in [1.165, 1.54) is 103 Å². The molecule has 6 rings (SSSR count). The van der Waals surface area contributed by atoms with Crippen molar-refractivity contribution >= 4 is 0 Å². The summed E-state index contributed by atoms with van der Waals surface area (Å²) >= 11 is 0. The van der Waals surface area contributed by atoms with Gasteiger partial charge in [0.05, 0.1) is 25.4 Å². The highest BCUT2D eigenvalue weighted by molar-refractivity contribution is 5.02. The maximum absolute atomic E-state index is 7.06. The molecule has 0 amide bonds. The third kappa shape index (κ3) is 4.34. The van der Waals surface area contributed by atoms with E-state index in [-0.39, 0.29) is 0 Å². The molecule has 0 bridgehead atoms. The minimum atomic E-state index is 0.536. The van der Waals surface area contributed by atoms with Crippen LogP contribution in [0.3, 0.4) is 0 Å². The van der Waals surface area contributed by atoms with Gasteiger partial charge in [0.1, 0.15) is 0 Å². The van der Waals surface area contributed by atoms with E-state index >= 15 is 0 Å². The average molecular weight is 443 g/mol. The molecule has 182 valence electrons. The zero-order valence-corrected chi connectivity index (χ0v) is 20.9. The van der Waals surface area contributed by atoms with Gasteiger partial charge in [0, 0.05) is 5.92 Å². The summed E-state index contributed by atoms with van der Waals surface area (Å²) in [5.41, 5.74) is 0. The van der Waals surface area contributed by atoms with Gasteiger partial charge in [-0.15, -0.1) is 0 Å². The Balaban J connectivity index is 1.28. The van der Waals surface area contributed by atoms with Crippen LogP contribution in [-0.2, 0) is 9.47 Å². The van der Waals surface area contributed by atoms with Gasteiger partial charge in [0.15, 0.2) is 0 Å². The lowest BCUT2D eigenvalue weighted by Crippen LogP contribution is -2.53. The van der Waals surface area contributed by atoms with Gasteiger partial charge in [0.25, 0.3) is 0 Å². The van der Waals surface area contributed by atoms with Crippen molar-refractivity contribution < 1.29 is 9.47 Å². The molecule has 32 heavy (non-hydrogen) atoms. The van der Waals surface area contributed by atoms with E-state index in [9.17, 15) is 0 Å². The molecule has 0 aromatic heterocycles. The predicted octanol–water partition coefficient (Wildman–Crippen LogP) is 7.65. The molecule has 5 saturated carbocycles. The summed E-state index contributed by atoms with van der Waals surface area (Å²) in [4.78, 5) is 0. The van der Waals surface area contributed by atoms with Gasteiger partial charge in [-0.25, -0.2) is 0 Å². The summed E-state index contributed by atoms with van der Waals surface area (Å²) in [7, 11) is 0. The monoisotopic (exact) mass is 442 g/mol. The van der Waals surface area contributed by atoms with Crippen molar-refractivity contribution in [2.24, 2.45) is 53.3 Å². The normalized spacial score (nSPS) is 52.2. The summed E-state index contributed by atoms with van der Waals surface area (Å²) in [5.74, 6) is 7.89. The molecule has 2 heteroatoms. The molecule has 0 spiro atoms. The van der Waals surface area contributed by atoms with E-state index in [2.05, 4.69) is 6.92 Å². The van der Waals surface area contributed by atoms with E-state index < -0.39 is 0 Å². The third-order valence-electron chi connectivity index (χ3n) is 11.6. The van der Waals surface area contributed by atoms with Gasteiger partial charge in [-0.1, -0.05) is 58.3 Å². The minimum absolute atomic E-state index is 0.536. The first-order valence-electron chi connectivity index (χ1n) is 15.0. The molecule has 6 fully saturated rings. The molecule has 1 heterocycles. The molecule has 5 aliphatic carbocycles. The molecular formula is C30H50O2. The first-order valence-corrected chi connectivity index (χ1v) is 15.0. The lowest BCUT2D eigenvalue weighted by Gasteiger charge is -2.55. The Labute approximate surface area is 198 Å². The molecule has 0 N–H and O–H groups in total. The van der Waals surface area contributed by atoms with Gasteiger partial charge >= 0.3 is 0 Å². The Morgan fingerprint density at radius 3 is 1.44 bits per heavy atom. The van der Waals surface area contributed by atoms with Crippen molar-refractivity contribution in [1.29, 1.82) is 0 Å². The average Bonchev–Trinajstić information content (AvgIpc) is 2.92. The number of fused-ring (bicyclic) bond motifs is 7. The Morgan fingerprint density at radius 2 is 0.906 bits per heavy atom. The Morgan fingerprint density at radius 1 is 0.438 bits per heavy atom. The van der Waals surface area contributed by atoms with Gasteiger partial charge in [0.2, 0.25) is 0 Å². The van der Waals surface area contributed by atoms with Crippen molar-refractivity contribution in [3.05, 3.63) is 0 Å². The molecule has 1 saturated heterocycles. The molecule has 0 radical (unpaired) electrons. The van der Waals surface area contributed by atoms with Crippen LogP contribution in [0.15, 0.2) is 0 Å². The highest BCUT2D eigenvalue weighted by atomic mass is 16.5. The van der Waals surface area contributed by atoms with E-state index in [1.54, 1.807) is 0 Å². The fourth-order valence-corrected chi connectivity index (χ4v) is 9.92. The molecule has 1 aliphatic heterocycles. The lowest BCUT2D eigenvalue weighted by molar-refractivity contribution is -0.140. The van der Waals surface area contributed by atoms with Crippen LogP contribution in [0.1, 0.15) is 110 Å². The molecule has 8 unspecified atom stereocenters. The van der Waals surface area contributed by atoms with Crippen LogP contribution in [0.5, 0.6) is 0 Å². The number of hydrogen-bond acceptors (Lipinski definition) is 2. The fraction of sp³-hybridized carbons (Fsp3) is 1.00. The Bertz CT molecular complexity index is 568. The van der Waals surface area contributed by atoms with Crippen LogP contribution in [0.2, 0.25) is 0 Å². The topological polar surface area (TPSA) is 18.5 Å². The van der Waals surface area contributed by atoms with E-state index in [1.807, 2.05) is 0 Å². The van der Waals surface area contributed by atoms with E-state index in [4.69, 9.17) is 9.47 Å². The lowest BCUT2D eigenvalue weighted by atomic mass is 9.53. The molecule has 0 aromatic carbocycles. The van der Waals surface area contributed by atoms with Crippen LogP contribution in [0.25, 0.3) is 0 Å². The zero-order valence-electron chi connectivity index (χ0n) is 20.9. The molecular weight excluding hydrogens is 392 g/mol. The zero-order chi connectivity index (χ0) is 21.5. The summed E-state index contributed by atoms with van der Waals surface area (Å²) in [6, 6.07) is 0. The van der Waals surface area contributed by atoms with Gasteiger partial charge in [-0.05, 0) is 98.7 Å². The standard InChI is InChI=1S/C30H50O2/c1-20-10-12-21(13-11-20)24-18-31-27-16-14-22-6-2-4-8-25(22)29(27)30-26-9-5-3-7-23(26)15-17-28(30)32-19-24/h20-30H,2-19H2,1H3. The summed E-state index contributed by atoms with van der Waals surface area (Å²) in [6.45, 7) is 4.43. The minimum Gasteiger partial charge on any atom is -0.378 e. The Kier molecular flexibility index (Phi) is 6.91. The summed E-state index contributed by atoms with van der Waals surface area (Å²) < 4.78 is 14.1. The van der Waals surface area contributed by atoms with Crippen LogP contribution in [0.4, 0.5) is 0 Å². The maximum Gasteiger partial charge on any atom is 0.0610 e. The largest absolute Gasteiger partial charge is 0.378 e. The highest BCUT2D eigenvalue weighted by Gasteiger charge is 2.53. The smallest absolute Gasteiger partial charge is 0.0610 e. The van der Waals surface area contributed by atoms with Crippen molar-refractivity contribution in [2.45, 2.75) is 122 Å². The molecule has 6 aliphatic rings. The fourth-order valence-electron chi connectivity index (χ4n) is 9.92. The second-order valence-corrected chi connectivity index (χ2v) is 13.2. The second-order valence-electron chi connectivity index (χ2n) is 13.2. The quantitative estimate of drug-likeness (QED) is 0.415. The van der Waals surface area contributed by atoms with Crippen molar-refractivity contribution in [2.75, 3.05) is 13.2 Å². The molecule has 8 atom stereocenters. The van der Waals surface area contributed by atoms with E-state index in [0.29, 0.717) is 18.1 Å². The first-order chi connectivity index (χ1) is 15.8. The van der Waals surface area contributed by atoms with Crippen LogP contribution >= 0.6 is 0 Å². The van der Waals surface area contributed by atoms with Crippen LogP contribution in [-0.4, -0.2) is 25.4 Å². The van der Waals surface area contributed by atoms with Crippen LogP contribution < -0.4 is 0 Å². The summed E-state index contributed by atoms with van der Waals surface area (Å²) in [5, 5.41) is 0. The Hall–Kier alpha value is -0.0800. The SMILES string of the molecule is CC1CCC(C2COC3CCC4CCCCC4C3C3C(CCC4CCCCC43)OC2)CC1. The maximum atomic E-state index is 7.06. The van der Waals surface area contributed by atoms with Gasteiger partial charge < -0.3 is 9.47 Å². The van der Waals surface area contributed by atoms with Gasteiger partial charge in [-0.3, -0.25) is 0 Å². The van der Waals surface area contributed by atoms with Gasteiger partial charge in [-0.2, -0.15) is 0 Å². The first kappa shape index (κ1) is 22.4. The van der Waals surface area contributed by atoms with E-state index in [0.717, 1.165) is 60.6 Å².